The van der Waals surface area contributed by atoms with Gasteiger partial charge in [0.05, 0.1) is 7.11 Å². The first-order chi connectivity index (χ1) is 8.89. The monoisotopic (exact) mass is 264 g/mol. The van der Waals surface area contributed by atoms with E-state index >= 15 is 0 Å². The van der Waals surface area contributed by atoms with Gasteiger partial charge >= 0.3 is 5.97 Å². The molecule has 1 aliphatic carbocycles. The maximum absolute atomic E-state index is 12.2. The van der Waals surface area contributed by atoms with Crippen LogP contribution in [0.4, 0.5) is 0 Å². The highest BCUT2D eigenvalue weighted by Gasteiger charge is 2.32. The summed E-state index contributed by atoms with van der Waals surface area (Å²) in [6.45, 7) is 5.86. The average Bonchev–Trinajstić information content (AvgIpc) is 2.52. The molecule has 0 aliphatic heterocycles. The zero-order chi connectivity index (χ0) is 14.5. The first kappa shape index (κ1) is 15.7. The van der Waals surface area contributed by atoms with Crippen molar-refractivity contribution in [3.8, 4) is 0 Å². The Hall–Kier alpha value is -1.38. The predicted molar refractivity (Wildman–Crippen MR) is 75.7 cm³/mol. The molecule has 3 heteroatoms. The first-order valence-corrected chi connectivity index (χ1v) is 6.83. The molecule has 1 rings (SSSR count). The number of esters is 1. The van der Waals surface area contributed by atoms with Crippen LogP contribution < -0.4 is 0 Å². The van der Waals surface area contributed by atoms with Crippen LogP contribution >= 0.6 is 0 Å². The van der Waals surface area contributed by atoms with Gasteiger partial charge in [-0.3, -0.25) is 4.79 Å². The van der Waals surface area contributed by atoms with E-state index in [1.165, 1.54) is 12.7 Å². The molecule has 1 unspecified atom stereocenters. The molecule has 0 fully saturated rings. The number of rotatable bonds is 4. The number of ether oxygens (including phenoxy) is 1. The van der Waals surface area contributed by atoms with Crippen LogP contribution in [0.5, 0.6) is 0 Å². The van der Waals surface area contributed by atoms with Gasteiger partial charge in [0.2, 0.25) is 0 Å². The van der Waals surface area contributed by atoms with E-state index in [4.69, 9.17) is 0 Å². The molecule has 0 aromatic heterocycles. The van der Waals surface area contributed by atoms with Crippen LogP contribution in [0, 0.1) is 5.41 Å². The lowest BCUT2D eigenvalue weighted by molar-refractivity contribution is -0.136. The number of Topliss-reactive ketones (excluding diaryl/α,β-unsaturated/α-hetero) is 1. The molecule has 106 valence electrons. The Labute approximate surface area is 115 Å². The van der Waals surface area contributed by atoms with Crippen LogP contribution in [0.1, 0.15) is 52.9 Å². The van der Waals surface area contributed by atoms with E-state index in [1.807, 2.05) is 13.0 Å². The summed E-state index contributed by atoms with van der Waals surface area (Å²) in [5, 5.41) is 0. The minimum absolute atomic E-state index is 0.287. The largest absolute Gasteiger partial charge is 0.466 e. The molecule has 0 spiro atoms. The Morgan fingerprint density at radius 3 is 2.79 bits per heavy atom. The third-order valence-corrected chi connectivity index (χ3v) is 3.97. The predicted octanol–water partition coefficient (Wildman–Crippen LogP) is 3.59. The molecule has 0 heterocycles. The number of carbonyl (C=O) groups is 2. The number of hydrogen-bond donors (Lipinski definition) is 0. The molecule has 0 amide bonds. The zero-order valence-electron chi connectivity index (χ0n) is 12.4. The van der Waals surface area contributed by atoms with E-state index in [2.05, 4.69) is 17.7 Å². The van der Waals surface area contributed by atoms with Gasteiger partial charge < -0.3 is 4.74 Å². The Kier molecular flexibility index (Phi) is 5.52. The highest BCUT2D eigenvalue weighted by Crippen LogP contribution is 2.35. The maximum Gasteiger partial charge on any atom is 0.333 e. The van der Waals surface area contributed by atoms with E-state index in [-0.39, 0.29) is 11.4 Å². The van der Waals surface area contributed by atoms with Gasteiger partial charge in [-0.2, -0.15) is 0 Å². The molecule has 0 aromatic rings. The molecule has 19 heavy (non-hydrogen) atoms. The number of ketones is 1. The van der Waals surface area contributed by atoms with Crippen LogP contribution in [0.3, 0.4) is 0 Å². The molecule has 0 radical (unpaired) electrons. The molecular weight excluding hydrogens is 240 g/mol. The fourth-order valence-electron chi connectivity index (χ4n) is 2.32. The minimum atomic E-state index is -0.298. The van der Waals surface area contributed by atoms with E-state index in [1.54, 1.807) is 6.92 Å². The Bertz CT molecular complexity index is 418. The fourth-order valence-corrected chi connectivity index (χ4v) is 2.32. The number of allylic oxidation sites excluding steroid dienone is 3. The third-order valence-electron chi connectivity index (χ3n) is 3.97. The lowest BCUT2D eigenvalue weighted by atomic mass is 9.77. The van der Waals surface area contributed by atoms with E-state index < -0.39 is 0 Å². The molecule has 1 aliphatic rings. The lowest BCUT2D eigenvalue weighted by Crippen LogP contribution is -2.26. The van der Waals surface area contributed by atoms with Crippen molar-refractivity contribution in [2.24, 2.45) is 5.41 Å². The summed E-state index contributed by atoms with van der Waals surface area (Å²) in [6, 6.07) is 0. The molecule has 3 nitrogen and oxygen atoms in total. The summed E-state index contributed by atoms with van der Waals surface area (Å²) >= 11 is 0. The third kappa shape index (κ3) is 4.34. The molecule has 0 saturated heterocycles. The molecular formula is C16H24O3. The second kappa shape index (κ2) is 6.69. The van der Waals surface area contributed by atoms with Crippen molar-refractivity contribution in [3.63, 3.8) is 0 Å². The molecule has 1 atom stereocenters. The van der Waals surface area contributed by atoms with Gasteiger partial charge in [-0.15, -0.1) is 0 Å². The van der Waals surface area contributed by atoms with Crippen LogP contribution in [0.2, 0.25) is 0 Å². The van der Waals surface area contributed by atoms with Crippen molar-refractivity contribution >= 4 is 11.8 Å². The van der Waals surface area contributed by atoms with Gasteiger partial charge in [-0.05, 0) is 39.5 Å². The fraction of sp³-hybridized carbons (Fsp3) is 0.625. The summed E-state index contributed by atoms with van der Waals surface area (Å²) in [5.41, 5.74) is 1.63. The Balaban J connectivity index is 2.64. The number of carbonyl (C=O) groups excluding carboxylic acids is 2. The van der Waals surface area contributed by atoms with Gasteiger partial charge in [-0.1, -0.05) is 24.6 Å². The van der Waals surface area contributed by atoms with Gasteiger partial charge in [0.25, 0.3) is 0 Å². The maximum atomic E-state index is 12.2. The number of hydrogen-bond acceptors (Lipinski definition) is 3. The lowest BCUT2D eigenvalue weighted by Gasteiger charge is -2.25. The van der Waals surface area contributed by atoms with Crippen LogP contribution in [0.25, 0.3) is 0 Å². The normalized spacial score (nSPS) is 24.7. The quantitative estimate of drug-likeness (QED) is 0.443. The molecule has 0 bridgehead atoms. The van der Waals surface area contributed by atoms with Crippen LogP contribution in [-0.4, -0.2) is 18.9 Å². The van der Waals surface area contributed by atoms with Crippen LogP contribution in [0.15, 0.2) is 23.3 Å². The van der Waals surface area contributed by atoms with E-state index in [9.17, 15) is 9.59 Å². The highest BCUT2D eigenvalue weighted by molar-refractivity contribution is 5.87. The van der Waals surface area contributed by atoms with Crippen molar-refractivity contribution in [1.82, 2.24) is 0 Å². The molecule has 0 saturated carbocycles. The smallest absolute Gasteiger partial charge is 0.333 e. The van der Waals surface area contributed by atoms with Crippen molar-refractivity contribution in [1.29, 1.82) is 0 Å². The van der Waals surface area contributed by atoms with E-state index in [0.717, 1.165) is 25.7 Å². The van der Waals surface area contributed by atoms with Crippen molar-refractivity contribution < 1.29 is 14.3 Å². The topological polar surface area (TPSA) is 43.4 Å². The van der Waals surface area contributed by atoms with Gasteiger partial charge in [-0.25, -0.2) is 4.79 Å². The number of methoxy groups -OCH3 is 1. The van der Waals surface area contributed by atoms with Crippen molar-refractivity contribution in [3.05, 3.63) is 23.3 Å². The summed E-state index contributed by atoms with van der Waals surface area (Å²) in [4.78, 5) is 23.5. The standard InChI is InChI=1S/C16H24O3/c1-12-7-8-14(17)16(3,11-9-12)10-5-6-13(2)15(18)19-4/h6,9H,5,7-8,10-11H2,1-4H3/b13-6+. The van der Waals surface area contributed by atoms with Gasteiger partial charge in [0.1, 0.15) is 5.78 Å². The first-order valence-electron chi connectivity index (χ1n) is 6.83. The Morgan fingerprint density at radius 2 is 2.16 bits per heavy atom. The van der Waals surface area contributed by atoms with Crippen molar-refractivity contribution in [2.75, 3.05) is 7.11 Å². The molecule has 0 N–H and O–H groups in total. The molecule has 0 aromatic carbocycles. The summed E-state index contributed by atoms with van der Waals surface area (Å²) in [7, 11) is 1.38. The summed E-state index contributed by atoms with van der Waals surface area (Å²) < 4.78 is 4.65. The second-order valence-electron chi connectivity index (χ2n) is 5.66. The van der Waals surface area contributed by atoms with Gasteiger partial charge in [0, 0.05) is 17.4 Å². The second-order valence-corrected chi connectivity index (χ2v) is 5.66. The zero-order valence-corrected chi connectivity index (χ0v) is 12.4. The SMILES string of the molecule is COC(=O)/C(C)=C/CCC1(C)CC=C(C)CCC1=O. The van der Waals surface area contributed by atoms with Gasteiger partial charge in [0.15, 0.2) is 0 Å². The Morgan fingerprint density at radius 1 is 1.47 bits per heavy atom. The van der Waals surface area contributed by atoms with Crippen molar-refractivity contribution in [2.45, 2.75) is 52.9 Å². The highest BCUT2D eigenvalue weighted by atomic mass is 16.5. The summed E-state index contributed by atoms with van der Waals surface area (Å²) in [5.74, 6) is 0.0396. The van der Waals surface area contributed by atoms with E-state index in [0.29, 0.717) is 17.8 Å². The minimum Gasteiger partial charge on any atom is -0.466 e. The summed E-state index contributed by atoms with van der Waals surface area (Å²) in [6.07, 6.45) is 7.89. The average molecular weight is 264 g/mol. The van der Waals surface area contributed by atoms with Crippen LogP contribution in [-0.2, 0) is 14.3 Å².